The van der Waals surface area contributed by atoms with Gasteiger partial charge in [0.05, 0.1) is 7.11 Å². The fraction of sp³-hybridized carbons (Fsp3) is 0.105. The van der Waals surface area contributed by atoms with E-state index in [1.165, 1.54) is 18.5 Å². The molecule has 0 saturated carbocycles. The molecule has 8 heteroatoms. The van der Waals surface area contributed by atoms with Gasteiger partial charge in [0.15, 0.2) is 0 Å². The van der Waals surface area contributed by atoms with Gasteiger partial charge in [0, 0.05) is 18.2 Å². The highest BCUT2D eigenvalue weighted by Crippen LogP contribution is 2.32. The first kappa shape index (κ1) is 16.9. The third-order valence-electron chi connectivity index (χ3n) is 4.03. The molecule has 0 atom stereocenters. The number of rotatable bonds is 5. The van der Waals surface area contributed by atoms with Crippen molar-refractivity contribution in [3.05, 3.63) is 66.0 Å². The van der Waals surface area contributed by atoms with E-state index in [9.17, 15) is 8.78 Å². The van der Waals surface area contributed by atoms with E-state index < -0.39 is 11.6 Å². The van der Waals surface area contributed by atoms with Crippen molar-refractivity contribution in [2.75, 3.05) is 12.4 Å². The lowest BCUT2D eigenvalue weighted by atomic mass is 10.1. The van der Waals surface area contributed by atoms with Gasteiger partial charge in [-0.15, -0.1) is 0 Å². The number of benzene rings is 2. The minimum atomic E-state index is -0.703. The lowest BCUT2D eigenvalue weighted by molar-refractivity contribution is 0.414. The van der Waals surface area contributed by atoms with Crippen molar-refractivity contribution in [2.24, 2.45) is 0 Å². The SMILES string of the molecule is COc1ccc(CNc2ncnc3onc(-c4cc(F)cc(F)c4)c23)cc1. The molecule has 2 aromatic heterocycles. The van der Waals surface area contributed by atoms with Crippen molar-refractivity contribution in [3.8, 4) is 17.0 Å². The maximum Gasteiger partial charge on any atom is 0.263 e. The largest absolute Gasteiger partial charge is 0.497 e. The molecule has 0 aliphatic rings. The summed E-state index contributed by atoms with van der Waals surface area (Å²) in [6, 6.07) is 10.7. The maximum atomic E-state index is 13.6. The van der Waals surface area contributed by atoms with E-state index in [4.69, 9.17) is 9.26 Å². The molecule has 0 unspecified atom stereocenters. The molecule has 0 aliphatic heterocycles. The number of fused-ring (bicyclic) bond motifs is 1. The van der Waals surface area contributed by atoms with Crippen LogP contribution in [0.15, 0.2) is 53.3 Å². The van der Waals surface area contributed by atoms with Crippen LogP contribution in [0.25, 0.3) is 22.4 Å². The number of nitrogens with zero attached hydrogens (tertiary/aromatic N) is 3. The summed E-state index contributed by atoms with van der Waals surface area (Å²) in [6.45, 7) is 0.470. The summed E-state index contributed by atoms with van der Waals surface area (Å²) in [5.41, 5.74) is 1.73. The average Bonchev–Trinajstić information content (AvgIpc) is 3.11. The first-order chi connectivity index (χ1) is 13.1. The Morgan fingerprint density at radius 1 is 1.04 bits per heavy atom. The molecular formula is C19H14F2N4O2. The van der Waals surface area contributed by atoms with Crippen LogP contribution >= 0.6 is 0 Å². The summed E-state index contributed by atoms with van der Waals surface area (Å²) in [5.74, 6) is -0.189. The van der Waals surface area contributed by atoms with Gasteiger partial charge in [0.2, 0.25) is 0 Å². The van der Waals surface area contributed by atoms with Crippen molar-refractivity contribution < 1.29 is 18.0 Å². The molecular weight excluding hydrogens is 354 g/mol. The number of methoxy groups -OCH3 is 1. The minimum Gasteiger partial charge on any atom is -0.497 e. The van der Waals surface area contributed by atoms with Gasteiger partial charge in [-0.1, -0.05) is 17.3 Å². The number of halogens is 2. The zero-order valence-corrected chi connectivity index (χ0v) is 14.2. The van der Waals surface area contributed by atoms with Gasteiger partial charge in [-0.3, -0.25) is 0 Å². The van der Waals surface area contributed by atoms with Crippen LogP contribution in [-0.4, -0.2) is 22.2 Å². The molecule has 0 aliphatic carbocycles. The monoisotopic (exact) mass is 368 g/mol. The molecule has 136 valence electrons. The lowest BCUT2D eigenvalue weighted by Crippen LogP contribution is -2.02. The van der Waals surface area contributed by atoms with Crippen molar-refractivity contribution in [2.45, 2.75) is 6.54 Å². The first-order valence-corrected chi connectivity index (χ1v) is 8.07. The molecule has 4 aromatic rings. The molecule has 27 heavy (non-hydrogen) atoms. The Bertz CT molecular complexity index is 1080. The second-order valence-electron chi connectivity index (χ2n) is 5.79. The quantitative estimate of drug-likeness (QED) is 0.570. The Morgan fingerprint density at radius 2 is 1.78 bits per heavy atom. The van der Waals surface area contributed by atoms with E-state index in [0.29, 0.717) is 17.7 Å². The molecule has 0 spiro atoms. The molecule has 2 aromatic carbocycles. The van der Waals surface area contributed by atoms with Gasteiger partial charge in [-0.2, -0.15) is 4.98 Å². The summed E-state index contributed by atoms with van der Waals surface area (Å²) in [4.78, 5) is 8.25. The van der Waals surface area contributed by atoms with Gasteiger partial charge < -0.3 is 14.6 Å². The molecule has 2 heterocycles. The zero-order chi connectivity index (χ0) is 18.8. The van der Waals surface area contributed by atoms with Gasteiger partial charge >= 0.3 is 0 Å². The van der Waals surface area contributed by atoms with Crippen molar-refractivity contribution in [1.82, 2.24) is 15.1 Å². The molecule has 4 rings (SSSR count). The average molecular weight is 368 g/mol. The summed E-state index contributed by atoms with van der Waals surface area (Å²) in [7, 11) is 1.60. The number of ether oxygens (including phenoxy) is 1. The predicted molar refractivity (Wildman–Crippen MR) is 95.3 cm³/mol. The summed E-state index contributed by atoms with van der Waals surface area (Å²) in [5, 5.41) is 7.56. The second kappa shape index (κ2) is 6.99. The summed E-state index contributed by atoms with van der Waals surface area (Å²) >= 11 is 0. The number of nitrogens with one attached hydrogen (secondary N) is 1. The topological polar surface area (TPSA) is 73.1 Å². The fourth-order valence-electron chi connectivity index (χ4n) is 2.74. The number of hydrogen-bond acceptors (Lipinski definition) is 6. The number of aromatic nitrogens is 3. The van der Waals surface area contributed by atoms with E-state index in [1.807, 2.05) is 24.3 Å². The zero-order valence-electron chi connectivity index (χ0n) is 14.2. The van der Waals surface area contributed by atoms with Crippen LogP contribution in [0.5, 0.6) is 5.75 Å². The standard InChI is InChI=1S/C19H14F2N4O2/c1-26-15-4-2-11(3-5-15)9-22-18-16-17(25-27-19(16)24-10-23-18)12-6-13(20)8-14(21)7-12/h2-8,10H,9H2,1H3,(H,22,23,24). The van der Waals surface area contributed by atoms with E-state index >= 15 is 0 Å². The van der Waals surface area contributed by atoms with Gasteiger partial charge in [-0.25, -0.2) is 13.8 Å². The van der Waals surface area contributed by atoms with Crippen molar-refractivity contribution in [1.29, 1.82) is 0 Å². The fourth-order valence-corrected chi connectivity index (χ4v) is 2.74. The summed E-state index contributed by atoms with van der Waals surface area (Å²) in [6.07, 6.45) is 1.33. The lowest BCUT2D eigenvalue weighted by Gasteiger charge is -2.08. The Morgan fingerprint density at radius 3 is 2.48 bits per heavy atom. The van der Waals surface area contributed by atoms with E-state index in [2.05, 4.69) is 20.4 Å². The van der Waals surface area contributed by atoms with E-state index in [-0.39, 0.29) is 17.0 Å². The predicted octanol–water partition coefficient (Wildman–Crippen LogP) is 4.18. The highest BCUT2D eigenvalue weighted by Gasteiger charge is 2.18. The van der Waals surface area contributed by atoms with Crippen molar-refractivity contribution >= 4 is 16.9 Å². The first-order valence-electron chi connectivity index (χ1n) is 8.07. The summed E-state index contributed by atoms with van der Waals surface area (Å²) < 4.78 is 37.5. The third-order valence-corrected chi connectivity index (χ3v) is 4.03. The van der Waals surface area contributed by atoms with Crippen LogP contribution in [-0.2, 0) is 6.54 Å². The van der Waals surface area contributed by atoms with Crippen LogP contribution in [0.2, 0.25) is 0 Å². The van der Waals surface area contributed by atoms with Crippen LogP contribution in [0.1, 0.15) is 5.56 Å². The normalized spacial score (nSPS) is 10.9. The highest BCUT2D eigenvalue weighted by molar-refractivity contribution is 5.97. The molecule has 6 nitrogen and oxygen atoms in total. The minimum absolute atomic E-state index is 0.224. The molecule has 0 bridgehead atoms. The Hall–Kier alpha value is -3.55. The van der Waals surface area contributed by atoms with Crippen LogP contribution in [0, 0.1) is 11.6 Å². The third kappa shape index (κ3) is 3.41. The maximum absolute atomic E-state index is 13.6. The number of anilines is 1. The van der Waals surface area contributed by atoms with Crippen LogP contribution < -0.4 is 10.1 Å². The van der Waals surface area contributed by atoms with Gasteiger partial charge in [-0.05, 0) is 29.8 Å². The smallest absolute Gasteiger partial charge is 0.263 e. The Balaban J connectivity index is 1.69. The van der Waals surface area contributed by atoms with Gasteiger partial charge in [0.25, 0.3) is 5.71 Å². The Labute approximate surface area is 152 Å². The Kier molecular flexibility index (Phi) is 4.37. The van der Waals surface area contributed by atoms with Gasteiger partial charge in [0.1, 0.15) is 40.6 Å². The molecule has 0 saturated heterocycles. The number of hydrogen-bond donors (Lipinski definition) is 1. The molecule has 1 N–H and O–H groups in total. The van der Waals surface area contributed by atoms with Crippen LogP contribution in [0.3, 0.4) is 0 Å². The molecule has 0 fully saturated rings. The van der Waals surface area contributed by atoms with Crippen molar-refractivity contribution in [3.63, 3.8) is 0 Å². The molecule has 0 radical (unpaired) electrons. The van der Waals surface area contributed by atoms with E-state index in [0.717, 1.165) is 17.4 Å². The second-order valence-corrected chi connectivity index (χ2v) is 5.79. The highest BCUT2D eigenvalue weighted by atomic mass is 19.1. The van der Waals surface area contributed by atoms with E-state index in [1.54, 1.807) is 7.11 Å². The van der Waals surface area contributed by atoms with Crippen LogP contribution in [0.4, 0.5) is 14.6 Å². The molecule has 0 amide bonds.